The number of amides is 2. The Hall–Kier alpha value is -4.13. The van der Waals surface area contributed by atoms with Crippen LogP contribution in [0.3, 0.4) is 0 Å². The molecule has 7 nitrogen and oxygen atoms in total. The molecule has 0 spiro atoms. The topological polar surface area (TPSA) is 84.9 Å². The van der Waals surface area contributed by atoms with Gasteiger partial charge in [0, 0.05) is 18.7 Å². The normalized spacial score (nSPS) is 10.3. The highest BCUT2D eigenvalue weighted by atomic mass is 16.5. The van der Waals surface area contributed by atoms with E-state index in [2.05, 4.69) is 5.32 Å². The SMILES string of the molecule is COc1ccc(C(=O)NCC(=O)OCC(=O)N(CCc2ccccc2)Cc2ccccc2)cc1. The first-order valence-corrected chi connectivity index (χ1v) is 11.0. The van der Waals surface area contributed by atoms with Gasteiger partial charge in [-0.2, -0.15) is 0 Å². The fourth-order valence-corrected chi connectivity index (χ4v) is 3.29. The zero-order valence-corrected chi connectivity index (χ0v) is 19.1. The molecule has 0 unspecified atom stereocenters. The van der Waals surface area contributed by atoms with Crippen LogP contribution in [0.1, 0.15) is 21.5 Å². The minimum atomic E-state index is -0.682. The van der Waals surface area contributed by atoms with Gasteiger partial charge in [-0.15, -0.1) is 0 Å². The van der Waals surface area contributed by atoms with Crippen molar-refractivity contribution in [2.45, 2.75) is 13.0 Å². The molecule has 1 N–H and O–H groups in total. The summed E-state index contributed by atoms with van der Waals surface area (Å²) in [6, 6.07) is 26.0. The summed E-state index contributed by atoms with van der Waals surface area (Å²) in [4.78, 5) is 38.8. The summed E-state index contributed by atoms with van der Waals surface area (Å²) in [5.41, 5.74) is 2.49. The molecule has 0 aliphatic heterocycles. The van der Waals surface area contributed by atoms with Crippen molar-refractivity contribution in [1.29, 1.82) is 0 Å². The van der Waals surface area contributed by atoms with Crippen LogP contribution in [0.15, 0.2) is 84.9 Å². The number of benzene rings is 3. The van der Waals surface area contributed by atoms with Crippen molar-refractivity contribution in [3.63, 3.8) is 0 Å². The van der Waals surface area contributed by atoms with E-state index in [-0.39, 0.29) is 12.5 Å². The fourth-order valence-electron chi connectivity index (χ4n) is 3.29. The quantitative estimate of drug-likeness (QED) is 0.444. The smallest absolute Gasteiger partial charge is 0.325 e. The number of carbonyl (C=O) groups is 3. The summed E-state index contributed by atoms with van der Waals surface area (Å²) in [7, 11) is 1.54. The van der Waals surface area contributed by atoms with Crippen molar-refractivity contribution < 1.29 is 23.9 Å². The largest absolute Gasteiger partial charge is 0.497 e. The number of nitrogens with zero attached hydrogens (tertiary/aromatic N) is 1. The lowest BCUT2D eigenvalue weighted by Crippen LogP contribution is -2.37. The molecule has 2 amide bonds. The summed E-state index contributed by atoms with van der Waals surface area (Å²) in [5.74, 6) is -0.770. The first-order chi connectivity index (χ1) is 16.5. The van der Waals surface area contributed by atoms with E-state index in [0.717, 1.165) is 11.1 Å². The maximum atomic E-state index is 12.8. The minimum absolute atomic E-state index is 0.297. The zero-order chi connectivity index (χ0) is 24.2. The lowest BCUT2D eigenvalue weighted by atomic mass is 10.1. The van der Waals surface area contributed by atoms with Crippen LogP contribution in [-0.4, -0.2) is 49.5 Å². The molecule has 7 heteroatoms. The molecule has 0 heterocycles. The Bertz CT molecular complexity index is 1070. The van der Waals surface area contributed by atoms with Gasteiger partial charge < -0.3 is 19.7 Å². The number of ether oxygens (including phenoxy) is 2. The predicted molar refractivity (Wildman–Crippen MR) is 128 cm³/mol. The van der Waals surface area contributed by atoms with Crippen molar-refractivity contribution in [2.75, 3.05) is 26.8 Å². The van der Waals surface area contributed by atoms with Crippen LogP contribution in [0.25, 0.3) is 0 Å². The summed E-state index contributed by atoms with van der Waals surface area (Å²) in [6.45, 7) is 0.182. The van der Waals surface area contributed by atoms with E-state index in [4.69, 9.17) is 9.47 Å². The van der Waals surface area contributed by atoms with Crippen molar-refractivity contribution in [1.82, 2.24) is 10.2 Å². The van der Waals surface area contributed by atoms with E-state index < -0.39 is 18.5 Å². The van der Waals surface area contributed by atoms with E-state index in [1.807, 2.05) is 60.7 Å². The molecule has 34 heavy (non-hydrogen) atoms. The Morgan fingerprint density at radius 2 is 1.44 bits per heavy atom. The third kappa shape index (κ3) is 7.78. The highest BCUT2D eigenvalue weighted by molar-refractivity contribution is 5.96. The number of nitrogens with one attached hydrogen (secondary N) is 1. The maximum absolute atomic E-state index is 12.8. The van der Waals surface area contributed by atoms with Gasteiger partial charge in [0.25, 0.3) is 11.8 Å². The number of esters is 1. The van der Waals surface area contributed by atoms with Gasteiger partial charge in [-0.3, -0.25) is 14.4 Å². The van der Waals surface area contributed by atoms with Gasteiger partial charge in [0.15, 0.2) is 6.61 Å². The van der Waals surface area contributed by atoms with Crippen LogP contribution in [-0.2, 0) is 27.3 Å². The van der Waals surface area contributed by atoms with Crippen molar-refractivity contribution in [3.8, 4) is 5.75 Å². The monoisotopic (exact) mass is 460 g/mol. The first kappa shape index (κ1) is 24.5. The molecule has 3 aromatic rings. The van der Waals surface area contributed by atoms with E-state index in [9.17, 15) is 14.4 Å². The first-order valence-electron chi connectivity index (χ1n) is 11.0. The average molecular weight is 461 g/mol. The summed E-state index contributed by atoms with van der Waals surface area (Å²) in [6.07, 6.45) is 0.686. The van der Waals surface area contributed by atoms with E-state index in [1.54, 1.807) is 29.2 Å². The Morgan fingerprint density at radius 3 is 2.06 bits per heavy atom. The molecule has 0 saturated heterocycles. The van der Waals surface area contributed by atoms with Crippen molar-refractivity contribution >= 4 is 17.8 Å². The Balaban J connectivity index is 1.50. The molecular formula is C27H28N2O5. The summed E-state index contributed by atoms with van der Waals surface area (Å²) in [5, 5.41) is 2.50. The van der Waals surface area contributed by atoms with Crippen LogP contribution in [0.5, 0.6) is 5.75 Å². The molecule has 0 saturated carbocycles. The maximum Gasteiger partial charge on any atom is 0.325 e. The lowest BCUT2D eigenvalue weighted by Gasteiger charge is -2.23. The summed E-state index contributed by atoms with van der Waals surface area (Å²) < 4.78 is 10.2. The van der Waals surface area contributed by atoms with Crippen molar-refractivity contribution in [3.05, 3.63) is 102 Å². The molecule has 0 atom stereocenters. The third-order valence-electron chi connectivity index (χ3n) is 5.18. The second-order valence-corrected chi connectivity index (χ2v) is 7.61. The van der Waals surface area contributed by atoms with Gasteiger partial charge in [-0.25, -0.2) is 0 Å². The standard InChI is InChI=1S/C27H28N2O5/c1-33-24-14-12-23(13-15-24)27(32)28-18-26(31)34-20-25(30)29(19-22-10-6-3-7-11-22)17-16-21-8-4-2-5-9-21/h2-15H,16-20H2,1H3,(H,28,32). The summed E-state index contributed by atoms with van der Waals surface area (Å²) >= 11 is 0. The predicted octanol–water partition coefficient (Wildman–Crippen LogP) is 3.24. The Morgan fingerprint density at radius 1 is 0.824 bits per heavy atom. The molecule has 176 valence electrons. The molecular weight excluding hydrogens is 432 g/mol. The molecule has 0 aliphatic carbocycles. The highest BCUT2D eigenvalue weighted by Gasteiger charge is 2.17. The van der Waals surface area contributed by atoms with Gasteiger partial charge in [-0.1, -0.05) is 60.7 Å². The van der Waals surface area contributed by atoms with Crippen molar-refractivity contribution in [2.24, 2.45) is 0 Å². The molecule has 3 rings (SSSR count). The molecule has 0 bridgehead atoms. The second-order valence-electron chi connectivity index (χ2n) is 7.61. The lowest BCUT2D eigenvalue weighted by molar-refractivity contribution is -0.151. The van der Waals surface area contributed by atoms with Crippen LogP contribution in [0.4, 0.5) is 0 Å². The second kappa shape index (κ2) is 12.8. The third-order valence-corrected chi connectivity index (χ3v) is 5.18. The minimum Gasteiger partial charge on any atom is -0.497 e. The van der Waals surface area contributed by atoms with Gasteiger partial charge in [0.1, 0.15) is 12.3 Å². The van der Waals surface area contributed by atoms with Gasteiger partial charge in [-0.05, 0) is 41.8 Å². The number of rotatable bonds is 11. The zero-order valence-electron chi connectivity index (χ0n) is 19.1. The van der Waals surface area contributed by atoms with Gasteiger partial charge in [0.2, 0.25) is 0 Å². The fraction of sp³-hybridized carbons (Fsp3) is 0.222. The van der Waals surface area contributed by atoms with Crippen LogP contribution in [0.2, 0.25) is 0 Å². The van der Waals surface area contributed by atoms with Gasteiger partial charge in [0.05, 0.1) is 7.11 Å². The van der Waals surface area contributed by atoms with E-state index >= 15 is 0 Å². The van der Waals surface area contributed by atoms with E-state index in [0.29, 0.717) is 30.8 Å². The molecule has 3 aromatic carbocycles. The average Bonchev–Trinajstić information content (AvgIpc) is 2.89. The number of hydrogen-bond donors (Lipinski definition) is 1. The number of carbonyl (C=O) groups excluding carboxylic acids is 3. The Labute approximate surface area is 199 Å². The highest BCUT2D eigenvalue weighted by Crippen LogP contribution is 2.11. The van der Waals surface area contributed by atoms with Gasteiger partial charge >= 0.3 is 5.97 Å². The van der Waals surface area contributed by atoms with E-state index in [1.165, 1.54) is 7.11 Å². The molecule has 0 radical (unpaired) electrons. The number of hydrogen-bond acceptors (Lipinski definition) is 5. The molecule has 0 aliphatic rings. The number of methoxy groups -OCH3 is 1. The molecule has 0 fully saturated rings. The Kier molecular flexibility index (Phi) is 9.22. The van der Waals surface area contributed by atoms with Crippen LogP contribution < -0.4 is 10.1 Å². The van der Waals surface area contributed by atoms with Crippen LogP contribution >= 0.6 is 0 Å². The molecule has 0 aromatic heterocycles. The van der Waals surface area contributed by atoms with Crippen LogP contribution in [0, 0.1) is 0 Å².